The van der Waals surface area contributed by atoms with Gasteiger partial charge in [0.1, 0.15) is 0 Å². The summed E-state index contributed by atoms with van der Waals surface area (Å²) < 4.78 is 7.03. The molecule has 0 aliphatic heterocycles. The van der Waals surface area contributed by atoms with Crippen LogP contribution in [0.3, 0.4) is 0 Å². The van der Waals surface area contributed by atoms with Gasteiger partial charge in [0, 0.05) is 28.5 Å². The molecule has 27 heavy (non-hydrogen) atoms. The van der Waals surface area contributed by atoms with Crippen LogP contribution in [0.2, 0.25) is 5.02 Å². The van der Waals surface area contributed by atoms with Crippen LogP contribution in [-0.4, -0.2) is 20.6 Å². The van der Waals surface area contributed by atoms with Crippen LogP contribution in [0.4, 0.5) is 5.69 Å². The average molecular weight is 379 g/mol. The molecule has 2 aromatic carbocycles. The summed E-state index contributed by atoms with van der Waals surface area (Å²) in [6.45, 7) is 1.75. The molecule has 7 heteroatoms. The Morgan fingerprint density at radius 2 is 1.85 bits per heavy atom. The zero-order valence-corrected chi connectivity index (χ0v) is 15.1. The van der Waals surface area contributed by atoms with Gasteiger partial charge >= 0.3 is 0 Å². The first-order chi connectivity index (χ1) is 13.1. The minimum atomic E-state index is -0.223. The summed E-state index contributed by atoms with van der Waals surface area (Å²) in [5.74, 6) is 0.762. The lowest BCUT2D eigenvalue weighted by molar-refractivity contribution is 0.102. The first-order valence-electron chi connectivity index (χ1n) is 8.25. The topological polar surface area (TPSA) is 73.0 Å². The molecule has 4 aromatic rings. The Kier molecular flexibility index (Phi) is 4.48. The molecule has 0 bridgehead atoms. The van der Waals surface area contributed by atoms with E-state index in [0.717, 1.165) is 11.3 Å². The second-order valence-corrected chi connectivity index (χ2v) is 6.37. The van der Waals surface area contributed by atoms with Crippen LogP contribution in [0.1, 0.15) is 16.2 Å². The van der Waals surface area contributed by atoms with Crippen LogP contribution >= 0.6 is 11.6 Å². The Bertz CT molecular complexity index is 1090. The molecule has 0 fully saturated rings. The van der Waals surface area contributed by atoms with Gasteiger partial charge in [0.25, 0.3) is 11.8 Å². The van der Waals surface area contributed by atoms with Crippen LogP contribution in [0.25, 0.3) is 17.1 Å². The molecule has 0 radical (unpaired) electrons. The molecule has 1 amide bonds. The van der Waals surface area contributed by atoms with E-state index in [-0.39, 0.29) is 5.91 Å². The number of amides is 1. The first kappa shape index (κ1) is 17.1. The molecule has 0 saturated heterocycles. The number of hydrogen-bond acceptors (Lipinski definition) is 4. The number of anilines is 1. The first-order valence-corrected chi connectivity index (χ1v) is 8.63. The van der Waals surface area contributed by atoms with Gasteiger partial charge in [-0.2, -0.15) is 4.98 Å². The fourth-order valence-electron chi connectivity index (χ4n) is 2.69. The van der Waals surface area contributed by atoms with Crippen molar-refractivity contribution in [3.8, 4) is 17.1 Å². The molecule has 0 saturated carbocycles. The van der Waals surface area contributed by atoms with Crippen molar-refractivity contribution in [2.75, 3.05) is 5.32 Å². The third kappa shape index (κ3) is 3.61. The van der Waals surface area contributed by atoms with Crippen molar-refractivity contribution in [1.82, 2.24) is 14.7 Å². The maximum Gasteiger partial charge on any atom is 0.257 e. The van der Waals surface area contributed by atoms with Gasteiger partial charge in [0.2, 0.25) is 0 Å². The van der Waals surface area contributed by atoms with Gasteiger partial charge < -0.3 is 14.4 Å². The molecular weight excluding hydrogens is 364 g/mol. The van der Waals surface area contributed by atoms with Gasteiger partial charge in [-0.3, -0.25) is 4.79 Å². The zero-order chi connectivity index (χ0) is 18.8. The maximum absolute atomic E-state index is 12.7. The Hall–Kier alpha value is -3.38. The van der Waals surface area contributed by atoms with Crippen molar-refractivity contribution in [2.45, 2.75) is 6.92 Å². The Labute approximate surface area is 160 Å². The van der Waals surface area contributed by atoms with E-state index in [1.54, 1.807) is 49.4 Å². The third-order valence-corrected chi connectivity index (χ3v) is 4.25. The highest BCUT2D eigenvalue weighted by Gasteiger charge is 2.12. The number of aryl methyl sites for hydroxylation is 1. The van der Waals surface area contributed by atoms with E-state index in [2.05, 4.69) is 15.5 Å². The van der Waals surface area contributed by atoms with Crippen molar-refractivity contribution in [1.29, 1.82) is 0 Å². The summed E-state index contributed by atoms with van der Waals surface area (Å²) >= 11 is 6.12. The monoisotopic (exact) mass is 378 g/mol. The Morgan fingerprint density at radius 1 is 1.11 bits per heavy atom. The molecule has 1 N–H and O–H groups in total. The van der Waals surface area contributed by atoms with Crippen molar-refractivity contribution < 1.29 is 9.32 Å². The van der Waals surface area contributed by atoms with Crippen molar-refractivity contribution >= 4 is 23.2 Å². The van der Waals surface area contributed by atoms with Crippen LogP contribution < -0.4 is 5.32 Å². The number of carbonyl (C=O) groups is 1. The van der Waals surface area contributed by atoms with E-state index in [0.29, 0.717) is 28.0 Å². The lowest BCUT2D eigenvalue weighted by Crippen LogP contribution is -2.13. The fourth-order valence-corrected chi connectivity index (χ4v) is 2.86. The summed E-state index contributed by atoms with van der Waals surface area (Å²) in [4.78, 5) is 16.8. The smallest absolute Gasteiger partial charge is 0.257 e. The number of carbonyl (C=O) groups excluding carboxylic acids is 1. The third-order valence-electron chi connectivity index (χ3n) is 4.01. The molecule has 6 nitrogen and oxygen atoms in total. The van der Waals surface area contributed by atoms with Crippen LogP contribution in [0.15, 0.2) is 71.5 Å². The van der Waals surface area contributed by atoms with Crippen LogP contribution in [0, 0.1) is 6.92 Å². The van der Waals surface area contributed by atoms with E-state index in [9.17, 15) is 4.79 Å². The number of halogens is 1. The maximum atomic E-state index is 12.7. The van der Waals surface area contributed by atoms with Gasteiger partial charge in [-0.1, -0.05) is 16.8 Å². The number of nitrogens with one attached hydrogen (secondary N) is 1. The lowest BCUT2D eigenvalue weighted by atomic mass is 10.1. The highest BCUT2D eigenvalue weighted by molar-refractivity contribution is 6.31. The van der Waals surface area contributed by atoms with Crippen LogP contribution in [0.5, 0.6) is 0 Å². The van der Waals surface area contributed by atoms with Gasteiger partial charge in [0.05, 0.1) is 11.4 Å². The summed E-state index contributed by atoms with van der Waals surface area (Å²) in [5, 5.41) is 7.30. The van der Waals surface area contributed by atoms with Crippen LogP contribution in [-0.2, 0) is 0 Å². The largest absolute Gasteiger partial charge is 0.334 e. The van der Waals surface area contributed by atoms with E-state index >= 15 is 0 Å². The molecule has 0 atom stereocenters. The minimum absolute atomic E-state index is 0.223. The molecule has 0 spiro atoms. The number of rotatable bonds is 4. The Balaban J connectivity index is 1.58. The fraction of sp³-hybridized carbons (Fsp3) is 0.0500. The Morgan fingerprint density at radius 3 is 2.52 bits per heavy atom. The van der Waals surface area contributed by atoms with E-state index in [1.807, 2.05) is 29.1 Å². The van der Waals surface area contributed by atoms with E-state index in [1.165, 1.54) is 0 Å². The van der Waals surface area contributed by atoms with Crippen molar-refractivity contribution in [3.05, 3.63) is 83.4 Å². The molecule has 134 valence electrons. The second-order valence-electron chi connectivity index (χ2n) is 5.93. The lowest BCUT2D eigenvalue weighted by Gasteiger charge is -2.13. The molecule has 4 rings (SSSR count). The molecular formula is C20H15ClN4O2. The molecule has 2 heterocycles. The number of aromatic nitrogens is 3. The van der Waals surface area contributed by atoms with Gasteiger partial charge in [-0.25, -0.2) is 0 Å². The standard InChI is InChI=1S/C20H15ClN4O2/c1-13-22-20(27-24-13)15-6-4-14(5-7-15)19(26)23-17-9-8-16(21)12-18(17)25-10-2-3-11-25/h2-12H,1H3,(H,23,26). The number of nitrogens with zero attached hydrogens (tertiary/aromatic N) is 3. The predicted molar refractivity (Wildman–Crippen MR) is 103 cm³/mol. The van der Waals surface area contributed by atoms with E-state index < -0.39 is 0 Å². The second kappa shape index (κ2) is 7.09. The quantitative estimate of drug-likeness (QED) is 0.556. The summed E-state index contributed by atoms with van der Waals surface area (Å²) in [7, 11) is 0. The average Bonchev–Trinajstić information content (AvgIpc) is 3.35. The van der Waals surface area contributed by atoms with E-state index in [4.69, 9.17) is 16.1 Å². The molecule has 0 unspecified atom stereocenters. The van der Waals surface area contributed by atoms with Crippen molar-refractivity contribution in [2.24, 2.45) is 0 Å². The highest BCUT2D eigenvalue weighted by atomic mass is 35.5. The highest BCUT2D eigenvalue weighted by Crippen LogP contribution is 2.25. The summed E-state index contributed by atoms with van der Waals surface area (Å²) in [5.41, 5.74) is 2.73. The minimum Gasteiger partial charge on any atom is -0.334 e. The summed E-state index contributed by atoms with van der Waals surface area (Å²) in [6.07, 6.45) is 3.78. The zero-order valence-electron chi connectivity index (χ0n) is 14.4. The number of hydrogen-bond donors (Lipinski definition) is 1. The van der Waals surface area contributed by atoms with Gasteiger partial charge in [0.15, 0.2) is 5.82 Å². The van der Waals surface area contributed by atoms with Gasteiger partial charge in [-0.15, -0.1) is 0 Å². The molecule has 0 aliphatic carbocycles. The van der Waals surface area contributed by atoms with Crippen molar-refractivity contribution in [3.63, 3.8) is 0 Å². The normalized spacial score (nSPS) is 10.7. The SMILES string of the molecule is Cc1noc(-c2ccc(C(=O)Nc3ccc(Cl)cc3-n3cccc3)cc2)n1. The number of benzene rings is 2. The molecule has 2 aromatic heterocycles. The predicted octanol–water partition coefficient (Wildman–Crippen LogP) is 4.74. The molecule has 0 aliphatic rings. The van der Waals surface area contributed by atoms with Gasteiger partial charge in [-0.05, 0) is 61.5 Å². The summed E-state index contributed by atoms with van der Waals surface area (Å²) in [6, 6.07) is 16.1.